The van der Waals surface area contributed by atoms with Crippen LogP contribution in [0.5, 0.6) is 0 Å². The van der Waals surface area contributed by atoms with Gasteiger partial charge in [0.2, 0.25) is 0 Å². The topological polar surface area (TPSA) is 15.3 Å². The number of benzene rings is 1. The minimum atomic E-state index is -0.159. The molecule has 1 aliphatic carbocycles. The van der Waals surface area contributed by atoms with Crippen molar-refractivity contribution in [2.45, 2.75) is 42.7 Å². The molecule has 0 atom stereocenters. The van der Waals surface area contributed by atoms with E-state index in [1.54, 1.807) is 11.8 Å². The minimum Gasteiger partial charge on any atom is -0.317 e. The number of hydrogen-bond donors (Lipinski definition) is 1. The Morgan fingerprint density at radius 3 is 2.45 bits per heavy atom. The fraction of sp³-hybridized carbons (Fsp3) is 0.625. The van der Waals surface area contributed by atoms with E-state index < -0.39 is 0 Å². The summed E-state index contributed by atoms with van der Waals surface area (Å²) < 4.78 is 12.8. The predicted octanol–water partition coefficient (Wildman–Crippen LogP) is 3.38. The first kappa shape index (κ1) is 15.8. The third kappa shape index (κ3) is 4.76. The van der Waals surface area contributed by atoms with Crippen LogP contribution in [0.3, 0.4) is 0 Å². The molecule has 0 radical (unpaired) electrons. The molecule has 1 aromatic carbocycles. The number of halogens is 1. The first-order valence-electron chi connectivity index (χ1n) is 7.45. The van der Waals surface area contributed by atoms with E-state index in [1.165, 1.54) is 37.8 Å². The molecule has 1 fully saturated rings. The maximum atomic E-state index is 12.8. The van der Waals surface area contributed by atoms with Crippen LogP contribution in [-0.4, -0.2) is 43.4 Å². The summed E-state index contributed by atoms with van der Waals surface area (Å²) in [5.74, 6) is 0.904. The number of nitrogens with one attached hydrogen (secondary N) is 1. The zero-order chi connectivity index (χ0) is 14.4. The highest BCUT2D eigenvalue weighted by Gasteiger charge is 2.22. The van der Waals surface area contributed by atoms with Crippen molar-refractivity contribution in [1.29, 1.82) is 0 Å². The maximum Gasteiger partial charge on any atom is 0.123 e. The largest absolute Gasteiger partial charge is 0.317 e. The van der Waals surface area contributed by atoms with Crippen LogP contribution in [0, 0.1) is 5.82 Å². The first-order chi connectivity index (χ1) is 9.69. The molecule has 112 valence electrons. The molecule has 2 rings (SSSR count). The molecule has 0 spiro atoms. The molecular weight excluding hydrogens is 271 g/mol. The third-order valence-corrected chi connectivity index (χ3v) is 5.25. The summed E-state index contributed by atoms with van der Waals surface area (Å²) in [5.41, 5.74) is 0. The van der Waals surface area contributed by atoms with Gasteiger partial charge in [0.1, 0.15) is 5.82 Å². The van der Waals surface area contributed by atoms with Gasteiger partial charge in [-0.05, 0) is 64.0 Å². The summed E-state index contributed by atoms with van der Waals surface area (Å²) >= 11 is 1.81. The van der Waals surface area contributed by atoms with Gasteiger partial charge in [-0.2, -0.15) is 0 Å². The van der Waals surface area contributed by atoms with E-state index in [1.807, 2.05) is 12.1 Å². The minimum absolute atomic E-state index is 0.159. The van der Waals surface area contributed by atoms with Crippen LogP contribution in [-0.2, 0) is 0 Å². The van der Waals surface area contributed by atoms with Crippen LogP contribution < -0.4 is 5.32 Å². The van der Waals surface area contributed by atoms with E-state index in [2.05, 4.69) is 24.3 Å². The zero-order valence-corrected chi connectivity index (χ0v) is 13.3. The smallest absolute Gasteiger partial charge is 0.123 e. The van der Waals surface area contributed by atoms with Crippen molar-refractivity contribution in [3.63, 3.8) is 0 Å². The summed E-state index contributed by atoms with van der Waals surface area (Å²) in [6.45, 7) is 1.09. The summed E-state index contributed by atoms with van der Waals surface area (Å²) in [6, 6.07) is 8.23. The van der Waals surface area contributed by atoms with Gasteiger partial charge >= 0.3 is 0 Å². The van der Waals surface area contributed by atoms with Gasteiger partial charge in [0, 0.05) is 29.3 Å². The van der Waals surface area contributed by atoms with Crippen molar-refractivity contribution in [1.82, 2.24) is 10.2 Å². The summed E-state index contributed by atoms with van der Waals surface area (Å²) in [4.78, 5) is 3.64. The van der Waals surface area contributed by atoms with Gasteiger partial charge in [-0.25, -0.2) is 4.39 Å². The lowest BCUT2D eigenvalue weighted by molar-refractivity contribution is 0.185. The normalized spacial score (nSPS) is 23.2. The molecule has 20 heavy (non-hydrogen) atoms. The van der Waals surface area contributed by atoms with E-state index in [4.69, 9.17) is 0 Å². The Morgan fingerprint density at radius 1 is 1.20 bits per heavy atom. The van der Waals surface area contributed by atoms with Crippen LogP contribution in [0.2, 0.25) is 0 Å². The molecule has 1 N–H and O–H groups in total. The SMILES string of the molecule is CNC1CCC(N(C)CCSc2ccc(F)cc2)CC1. The highest BCUT2D eigenvalue weighted by Crippen LogP contribution is 2.23. The molecule has 0 bridgehead atoms. The molecule has 2 nitrogen and oxygen atoms in total. The van der Waals surface area contributed by atoms with Gasteiger partial charge in [0.25, 0.3) is 0 Å². The van der Waals surface area contributed by atoms with E-state index in [0.29, 0.717) is 6.04 Å². The Kier molecular flexibility index (Phi) is 6.33. The third-order valence-electron chi connectivity index (χ3n) is 4.25. The fourth-order valence-corrected chi connectivity index (χ4v) is 3.77. The molecule has 0 amide bonds. The lowest BCUT2D eigenvalue weighted by Crippen LogP contribution is -2.40. The fourth-order valence-electron chi connectivity index (χ4n) is 2.83. The molecule has 0 unspecified atom stereocenters. The standard InChI is InChI=1S/C16H25FN2S/c1-18-14-5-7-15(8-6-14)19(2)11-12-20-16-9-3-13(17)4-10-16/h3-4,9-10,14-15,18H,5-8,11-12H2,1-2H3. The number of hydrogen-bond acceptors (Lipinski definition) is 3. The van der Waals surface area contributed by atoms with Crippen LogP contribution >= 0.6 is 11.8 Å². The Balaban J connectivity index is 1.67. The van der Waals surface area contributed by atoms with Crippen molar-refractivity contribution in [2.24, 2.45) is 0 Å². The van der Waals surface area contributed by atoms with Gasteiger partial charge in [-0.1, -0.05) is 0 Å². The van der Waals surface area contributed by atoms with Crippen molar-refractivity contribution in [2.75, 3.05) is 26.4 Å². The lowest BCUT2D eigenvalue weighted by Gasteiger charge is -2.34. The molecule has 0 aromatic heterocycles. The van der Waals surface area contributed by atoms with Crippen LogP contribution in [0.1, 0.15) is 25.7 Å². The van der Waals surface area contributed by atoms with E-state index in [9.17, 15) is 4.39 Å². The quantitative estimate of drug-likeness (QED) is 0.810. The molecule has 1 aromatic rings. The molecule has 0 heterocycles. The Labute approximate surface area is 126 Å². The van der Waals surface area contributed by atoms with Gasteiger partial charge in [-0.3, -0.25) is 0 Å². The van der Waals surface area contributed by atoms with Gasteiger partial charge in [-0.15, -0.1) is 11.8 Å². The zero-order valence-electron chi connectivity index (χ0n) is 12.4. The van der Waals surface area contributed by atoms with E-state index in [0.717, 1.165) is 23.2 Å². The number of thioether (sulfide) groups is 1. The van der Waals surface area contributed by atoms with E-state index in [-0.39, 0.29) is 5.82 Å². The summed E-state index contributed by atoms with van der Waals surface area (Å²) in [6.07, 6.45) is 5.17. The number of nitrogens with zero attached hydrogens (tertiary/aromatic N) is 1. The number of rotatable bonds is 6. The maximum absolute atomic E-state index is 12.8. The van der Waals surface area contributed by atoms with Gasteiger partial charge < -0.3 is 10.2 Å². The lowest BCUT2D eigenvalue weighted by atomic mass is 9.90. The van der Waals surface area contributed by atoms with Gasteiger partial charge in [0.15, 0.2) is 0 Å². The average molecular weight is 296 g/mol. The molecule has 1 aliphatic rings. The Bertz CT molecular complexity index is 388. The molecule has 0 saturated heterocycles. The highest BCUT2D eigenvalue weighted by molar-refractivity contribution is 7.99. The Hall–Kier alpha value is -0.580. The van der Waals surface area contributed by atoms with Gasteiger partial charge in [0.05, 0.1) is 0 Å². The van der Waals surface area contributed by atoms with Crippen LogP contribution in [0.15, 0.2) is 29.2 Å². The average Bonchev–Trinajstić information content (AvgIpc) is 2.49. The van der Waals surface area contributed by atoms with Crippen LogP contribution in [0.25, 0.3) is 0 Å². The van der Waals surface area contributed by atoms with Crippen molar-refractivity contribution in [3.05, 3.63) is 30.1 Å². The second kappa shape index (κ2) is 8.01. The molecular formula is C16H25FN2S. The molecule has 1 saturated carbocycles. The molecule has 0 aliphatic heterocycles. The summed E-state index contributed by atoms with van der Waals surface area (Å²) in [7, 11) is 4.30. The summed E-state index contributed by atoms with van der Waals surface area (Å²) in [5, 5.41) is 3.38. The predicted molar refractivity (Wildman–Crippen MR) is 84.9 cm³/mol. The Morgan fingerprint density at radius 2 is 1.85 bits per heavy atom. The monoisotopic (exact) mass is 296 g/mol. The van der Waals surface area contributed by atoms with Crippen LogP contribution in [0.4, 0.5) is 4.39 Å². The highest BCUT2D eigenvalue weighted by atomic mass is 32.2. The second-order valence-corrected chi connectivity index (χ2v) is 6.75. The van der Waals surface area contributed by atoms with Crippen molar-refractivity contribution < 1.29 is 4.39 Å². The molecule has 4 heteroatoms. The second-order valence-electron chi connectivity index (χ2n) is 5.58. The van der Waals surface area contributed by atoms with Crippen molar-refractivity contribution >= 4 is 11.8 Å². The van der Waals surface area contributed by atoms with Crippen molar-refractivity contribution in [3.8, 4) is 0 Å². The van der Waals surface area contributed by atoms with E-state index >= 15 is 0 Å². The first-order valence-corrected chi connectivity index (χ1v) is 8.43.